The maximum Gasteiger partial charge on any atom is 0.320 e. The number of carboxylic acids is 1. The van der Waals surface area contributed by atoms with Crippen LogP contribution in [-0.2, 0) is 22.6 Å². The first-order valence-electron chi connectivity index (χ1n) is 10.3. The second-order valence-electron chi connectivity index (χ2n) is 8.02. The van der Waals surface area contributed by atoms with Crippen LogP contribution in [0.25, 0.3) is 0 Å². The van der Waals surface area contributed by atoms with E-state index in [1.807, 2.05) is 9.80 Å². The van der Waals surface area contributed by atoms with E-state index in [1.165, 1.54) is 11.1 Å². The zero-order chi connectivity index (χ0) is 19.5. The number of carbonyl (C=O) groups excluding carboxylic acids is 1. The van der Waals surface area contributed by atoms with E-state index < -0.39 is 12.0 Å². The fourth-order valence-corrected chi connectivity index (χ4v) is 4.49. The van der Waals surface area contributed by atoms with E-state index in [1.54, 1.807) is 0 Å². The lowest BCUT2D eigenvalue weighted by molar-refractivity contribution is -0.146. The van der Waals surface area contributed by atoms with E-state index in [-0.39, 0.29) is 12.5 Å². The Kier molecular flexibility index (Phi) is 5.82. The van der Waals surface area contributed by atoms with Gasteiger partial charge in [-0.15, -0.1) is 0 Å². The third-order valence-corrected chi connectivity index (χ3v) is 6.12. The summed E-state index contributed by atoms with van der Waals surface area (Å²) in [6.07, 6.45) is 3.52. The van der Waals surface area contributed by atoms with Gasteiger partial charge in [0.05, 0.1) is 13.2 Å². The Labute approximate surface area is 165 Å². The molecule has 1 atom stereocenters. The standard InChI is InChI=1S/C21H29N3O4/c25-20(15-24-7-2-1-3-18(24)21(26)27)23-10-8-22(9-11-23)14-16-4-5-19-17(13-16)6-12-28-19/h4-5,13,18H,1-3,6-12,14-15H2,(H,26,27). The maximum absolute atomic E-state index is 12.7. The van der Waals surface area contributed by atoms with Crippen LogP contribution in [0.4, 0.5) is 0 Å². The Morgan fingerprint density at radius 1 is 1.11 bits per heavy atom. The van der Waals surface area contributed by atoms with Gasteiger partial charge in [-0.3, -0.25) is 19.4 Å². The molecule has 1 aromatic rings. The number of benzene rings is 1. The van der Waals surface area contributed by atoms with Gasteiger partial charge >= 0.3 is 5.97 Å². The zero-order valence-electron chi connectivity index (χ0n) is 16.3. The number of nitrogens with zero attached hydrogens (tertiary/aromatic N) is 3. The quantitative estimate of drug-likeness (QED) is 0.819. The van der Waals surface area contributed by atoms with Gasteiger partial charge in [0.2, 0.25) is 5.91 Å². The summed E-state index contributed by atoms with van der Waals surface area (Å²) in [5, 5.41) is 9.38. The van der Waals surface area contributed by atoms with Gasteiger partial charge in [-0.1, -0.05) is 18.6 Å². The number of aliphatic carboxylic acids is 1. The summed E-state index contributed by atoms with van der Waals surface area (Å²) in [5.74, 6) is 0.260. The minimum atomic E-state index is -0.808. The molecule has 152 valence electrons. The van der Waals surface area contributed by atoms with Crippen molar-refractivity contribution in [2.75, 3.05) is 45.9 Å². The van der Waals surface area contributed by atoms with Gasteiger partial charge in [0.15, 0.2) is 0 Å². The molecule has 0 radical (unpaired) electrons. The first-order chi connectivity index (χ1) is 13.6. The molecular formula is C21H29N3O4. The number of hydrogen-bond acceptors (Lipinski definition) is 5. The Hall–Kier alpha value is -2.12. The highest BCUT2D eigenvalue weighted by Gasteiger charge is 2.31. The summed E-state index contributed by atoms with van der Waals surface area (Å²) in [5.41, 5.74) is 2.59. The van der Waals surface area contributed by atoms with Crippen molar-refractivity contribution in [3.05, 3.63) is 29.3 Å². The van der Waals surface area contributed by atoms with Gasteiger partial charge in [-0.2, -0.15) is 0 Å². The average Bonchev–Trinajstić information content (AvgIpc) is 3.16. The summed E-state index contributed by atoms with van der Waals surface area (Å²) >= 11 is 0. The van der Waals surface area contributed by atoms with Crippen LogP contribution in [0.15, 0.2) is 18.2 Å². The number of piperazine rings is 1. The molecule has 1 amide bonds. The van der Waals surface area contributed by atoms with E-state index >= 15 is 0 Å². The minimum Gasteiger partial charge on any atom is -0.493 e. The topological polar surface area (TPSA) is 73.3 Å². The van der Waals surface area contributed by atoms with Crippen LogP contribution in [0.2, 0.25) is 0 Å². The summed E-state index contributed by atoms with van der Waals surface area (Å²) in [7, 11) is 0. The van der Waals surface area contributed by atoms with E-state index in [0.29, 0.717) is 26.1 Å². The SMILES string of the molecule is O=C(O)C1CCCCN1CC(=O)N1CCN(Cc2ccc3c(c2)CCO3)CC1. The highest BCUT2D eigenvalue weighted by Crippen LogP contribution is 2.26. The summed E-state index contributed by atoms with van der Waals surface area (Å²) in [6, 6.07) is 5.92. The molecule has 0 spiro atoms. The molecule has 3 heterocycles. The second kappa shape index (κ2) is 8.49. The van der Waals surface area contributed by atoms with Crippen molar-refractivity contribution >= 4 is 11.9 Å². The van der Waals surface area contributed by atoms with Gasteiger partial charge < -0.3 is 14.7 Å². The van der Waals surface area contributed by atoms with Crippen LogP contribution >= 0.6 is 0 Å². The van der Waals surface area contributed by atoms with Crippen molar-refractivity contribution < 1.29 is 19.4 Å². The molecule has 7 nitrogen and oxygen atoms in total. The van der Waals surface area contributed by atoms with E-state index in [4.69, 9.17) is 4.74 Å². The minimum absolute atomic E-state index is 0.0579. The Bertz CT molecular complexity index is 730. The molecule has 2 fully saturated rings. The predicted molar refractivity (Wildman–Crippen MR) is 104 cm³/mol. The van der Waals surface area contributed by atoms with Crippen LogP contribution < -0.4 is 4.74 Å². The molecule has 2 saturated heterocycles. The number of ether oxygens (including phenoxy) is 1. The third kappa shape index (κ3) is 4.31. The number of carbonyl (C=O) groups is 2. The third-order valence-electron chi connectivity index (χ3n) is 6.12. The smallest absolute Gasteiger partial charge is 0.320 e. The van der Waals surface area contributed by atoms with Crippen molar-refractivity contribution in [1.82, 2.24) is 14.7 Å². The molecule has 0 bridgehead atoms. The van der Waals surface area contributed by atoms with Crippen LogP contribution in [-0.4, -0.2) is 83.6 Å². The number of rotatable bonds is 5. The van der Waals surface area contributed by atoms with Gasteiger partial charge in [0, 0.05) is 39.1 Å². The monoisotopic (exact) mass is 387 g/mol. The second-order valence-corrected chi connectivity index (χ2v) is 8.02. The van der Waals surface area contributed by atoms with E-state index in [2.05, 4.69) is 23.1 Å². The molecular weight excluding hydrogens is 358 g/mol. The van der Waals surface area contributed by atoms with E-state index in [0.717, 1.165) is 51.3 Å². The Balaban J connectivity index is 1.26. The van der Waals surface area contributed by atoms with Crippen molar-refractivity contribution in [1.29, 1.82) is 0 Å². The number of hydrogen-bond donors (Lipinski definition) is 1. The predicted octanol–water partition coefficient (Wildman–Crippen LogP) is 1.20. The Morgan fingerprint density at radius 3 is 2.71 bits per heavy atom. The first kappa shape index (κ1) is 19.2. The average molecular weight is 387 g/mol. The molecule has 7 heteroatoms. The van der Waals surface area contributed by atoms with E-state index in [9.17, 15) is 14.7 Å². The molecule has 1 unspecified atom stereocenters. The molecule has 28 heavy (non-hydrogen) atoms. The van der Waals surface area contributed by atoms with Crippen molar-refractivity contribution in [3.63, 3.8) is 0 Å². The van der Waals surface area contributed by atoms with Gasteiger partial charge in [-0.25, -0.2) is 0 Å². The number of fused-ring (bicyclic) bond motifs is 1. The van der Waals surface area contributed by atoms with Crippen molar-refractivity contribution in [3.8, 4) is 5.75 Å². The summed E-state index contributed by atoms with van der Waals surface area (Å²) in [4.78, 5) is 30.2. The summed E-state index contributed by atoms with van der Waals surface area (Å²) in [6.45, 7) is 5.70. The highest BCUT2D eigenvalue weighted by molar-refractivity contribution is 5.80. The molecule has 3 aliphatic rings. The van der Waals surface area contributed by atoms with Gasteiger partial charge in [-0.05, 0) is 36.6 Å². The molecule has 0 aromatic heterocycles. The number of amides is 1. The number of carboxylic acid groups (broad SMARTS) is 1. The molecule has 0 aliphatic carbocycles. The molecule has 1 aromatic carbocycles. The van der Waals surface area contributed by atoms with Gasteiger partial charge in [0.1, 0.15) is 11.8 Å². The van der Waals surface area contributed by atoms with Crippen LogP contribution in [0.3, 0.4) is 0 Å². The lowest BCUT2D eigenvalue weighted by Gasteiger charge is -2.37. The normalized spacial score (nSPS) is 23.3. The van der Waals surface area contributed by atoms with Crippen molar-refractivity contribution in [2.24, 2.45) is 0 Å². The number of likely N-dealkylation sites (tertiary alicyclic amines) is 1. The molecule has 3 aliphatic heterocycles. The fourth-order valence-electron chi connectivity index (χ4n) is 4.49. The first-order valence-corrected chi connectivity index (χ1v) is 10.3. The van der Waals surface area contributed by atoms with Crippen LogP contribution in [0.5, 0.6) is 5.75 Å². The largest absolute Gasteiger partial charge is 0.493 e. The lowest BCUT2D eigenvalue weighted by atomic mass is 10.0. The molecule has 0 saturated carbocycles. The lowest BCUT2D eigenvalue weighted by Crippen LogP contribution is -2.53. The fraction of sp³-hybridized carbons (Fsp3) is 0.619. The van der Waals surface area contributed by atoms with Gasteiger partial charge in [0.25, 0.3) is 0 Å². The highest BCUT2D eigenvalue weighted by atomic mass is 16.5. The maximum atomic E-state index is 12.7. The zero-order valence-corrected chi connectivity index (χ0v) is 16.3. The molecule has 4 rings (SSSR count). The van der Waals surface area contributed by atoms with Crippen LogP contribution in [0, 0.1) is 0 Å². The van der Waals surface area contributed by atoms with Crippen LogP contribution in [0.1, 0.15) is 30.4 Å². The Morgan fingerprint density at radius 2 is 1.93 bits per heavy atom. The molecule has 1 N–H and O–H groups in total. The number of piperidine rings is 1. The summed E-state index contributed by atoms with van der Waals surface area (Å²) < 4.78 is 5.57. The van der Waals surface area contributed by atoms with Crippen molar-refractivity contribution in [2.45, 2.75) is 38.3 Å².